The number of aromatic nitrogens is 3. The van der Waals surface area contributed by atoms with Gasteiger partial charge in [-0.1, -0.05) is 11.6 Å². The summed E-state index contributed by atoms with van der Waals surface area (Å²) in [4.78, 5) is 17.4. The van der Waals surface area contributed by atoms with Crippen LogP contribution in [0.5, 0.6) is 5.88 Å². The Balaban J connectivity index is 1.63. The lowest BCUT2D eigenvalue weighted by Crippen LogP contribution is -2.46. The van der Waals surface area contributed by atoms with Crippen LogP contribution in [0.1, 0.15) is 23.7 Å². The van der Waals surface area contributed by atoms with Crippen molar-refractivity contribution in [2.75, 3.05) is 18.6 Å². The molecule has 3 N–H and O–H groups in total. The van der Waals surface area contributed by atoms with E-state index in [1.807, 2.05) is 6.92 Å². The van der Waals surface area contributed by atoms with E-state index >= 15 is 0 Å². The summed E-state index contributed by atoms with van der Waals surface area (Å²) in [6.45, 7) is 1.81. The summed E-state index contributed by atoms with van der Waals surface area (Å²) in [5.74, 6) is -0.00871. The van der Waals surface area contributed by atoms with Crippen LogP contribution in [0.15, 0.2) is 54.7 Å². The lowest BCUT2D eigenvalue weighted by Gasteiger charge is -2.30. The second-order valence-corrected chi connectivity index (χ2v) is 11.8. The number of hydrogen-bond donors (Lipinski definition) is 3. The molecule has 0 aliphatic carbocycles. The van der Waals surface area contributed by atoms with E-state index in [2.05, 4.69) is 10.3 Å². The monoisotopic (exact) mass is 530 g/mol. The molecule has 1 fully saturated rings. The molecule has 1 saturated heterocycles. The van der Waals surface area contributed by atoms with Crippen LogP contribution in [-0.4, -0.2) is 53.9 Å². The minimum Gasteiger partial charge on any atom is -0.481 e. The standard InChI is InChI=1S/C25H24ClFN4O4S/c1-25(9-10-36(33,34)14-25)29-23(32)15-3-8-19-21(11-15)31(18-6-4-17(27)5-7-18)30-22(19)20-12-16(26)13-28-24(20)35-2/h3-8,11-13,33-34H,9-10,14H2,1-2H3,(H,29,32). The minimum atomic E-state index is -2.69. The zero-order valence-electron chi connectivity index (χ0n) is 19.5. The number of halogens is 2. The normalized spacial score (nSPS) is 19.8. The van der Waals surface area contributed by atoms with Crippen LogP contribution < -0.4 is 10.1 Å². The number of rotatable bonds is 5. The molecule has 1 aliphatic heterocycles. The molecular weight excluding hydrogens is 507 g/mol. The van der Waals surface area contributed by atoms with E-state index in [-0.39, 0.29) is 23.2 Å². The average molecular weight is 531 g/mol. The molecule has 188 valence electrons. The van der Waals surface area contributed by atoms with Gasteiger partial charge in [0.15, 0.2) is 0 Å². The van der Waals surface area contributed by atoms with Gasteiger partial charge in [-0.2, -0.15) is 15.7 Å². The van der Waals surface area contributed by atoms with Gasteiger partial charge in [0.2, 0.25) is 5.88 Å². The molecule has 8 nitrogen and oxygen atoms in total. The van der Waals surface area contributed by atoms with E-state index in [4.69, 9.17) is 21.4 Å². The molecule has 5 rings (SSSR count). The fraction of sp³-hybridized carbons (Fsp3) is 0.240. The highest BCUT2D eigenvalue weighted by atomic mass is 35.5. The van der Waals surface area contributed by atoms with Crippen molar-refractivity contribution in [2.45, 2.75) is 18.9 Å². The Hall–Kier alpha value is -3.18. The maximum absolute atomic E-state index is 13.6. The van der Waals surface area contributed by atoms with Crippen molar-refractivity contribution >= 4 is 39.0 Å². The molecule has 36 heavy (non-hydrogen) atoms. The summed E-state index contributed by atoms with van der Waals surface area (Å²) in [5.41, 5.74) is 1.95. The summed E-state index contributed by atoms with van der Waals surface area (Å²) in [5, 5.41) is 8.84. The third-order valence-electron chi connectivity index (χ3n) is 6.23. The van der Waals surface area contributed by atoms with E-state index in [1.54, 1.807) is 41.1 Å². The van der Waals surface area contributed by atoms with Crippen molar-refractivity contribution in [3.8, 4) is 22.8 Å². The first kappa shape index (κ1) is 24.5. The number of nitrogens with zero attached hydrogens (tertiary/aromatic N) is 3. The number of carbonyl (C=O) groups excluding carboxylic acids is 1. The van der Waals surface area contributed by atoms with E-state index in [9.17, 15) is 18.3 Å². The van der Waals surface area contributed by atoms with Gasteiger partial charge in [-0.3, -0.25) is 13.9 Å². The van der Waals surface area contributed by atoms with Crippen molar-refractivity contribution in [2.24, 2.45) is 0 Å². The van der Waals surface area contributed by atoms with Crippen LogP contribution >= 0.6 is 22.2 Å². The number of ether oxygens (including phenoxy) is 1. The number of carbonyl (C=O) groups is 1. The highest BCUT2D eigenvalue weighted by molar-refractivity contribution is 8.24. The van der Waals surface area contributed by atoms with E-state index in [0.717, 1.165) is 0 Å². The fourth-order valence-corrected chi connectivity index (χ4v) is 6.80. The third kappa shape index (κ3) is 4.64. The summed E-state index contributed by atoms with van der Waals surface area (Å²) in [6.07, 6.45) is 1.95. The molecule has 0 saturated carbocycles. The molecular formula is C25H24ClFN4O4S. The van der Waals surface area contributed by atoms with Crippen LogP contribution in [0, 0.1) is 5.82 Å². The minimum absolute atomic E-state index is 0.118. The van der Waals surface area contributed by atoms with Crippen molar-refractivity contribution < 1.29 is 23.0 Å². The Bertz CT molecular complexity index is 1480. The quantitative estimate of drug-likeness (QED) is 0.313. The maximum Gasteiger partial charge on any atom is 0.251 e. The molecule has 2 aromatic heterocycles. The molecule has 1 atom stereocenters. The molecule has 11 heteroatoms. The summed E-state index contributed by atoms with van der Waals surface area (Å²) in [6, 6.07) is 12.7. The number of pyridine rings is 1. The zero-order chi connectivity index (χ0) is 25.7. The molecule has 3 heterocycles. The van der Waals surface area contributed by atoms with Crippen molar-refractivity contribution in [1.29, 1.82) is 0 Å². The Morgan fingerprint density at radius 1 is 1.22 bits per heavy atom. The van der Waals surface area contributed by atoms with Crippen molar-refractivity contribution in [3.05, 3.63) is 71.1 Å². The molecule has 4 aromatic rings. The van der Waals surface area contributed by atoms with Crippen LogP contribution in [0.4, 0.5) is 4.39 Å². The van der Waals surface area contributed by atoms with Gasteiger partial charge in [0.25, 0.3) is 5.91 Å². The highest BCUT2D eigenvalue weighted by Crippen LogP contribution is 2.50. The number of methoxy groups -OCH3 is 1. The first-order chi connectivity index (χ1) is 17.1. The summed E-state index contributed by atoms with van der Waals surface area (Å²) >= 11 is 6.22. The number of fused-ring (bicyclic) bond motifs is 1. The number of amides is 1. The molecule has 0 bridgehead atoms. The molecule has 2 aromatic carbocycles. The van der Waals surface area contributed by atoms with Gasteiger partial charge in [0, 0.05) is 22.9 Å². The molecule has 1 aliphatic rings. The predicted molar refractivity (Wildman–Crippen MR) is 139 cm³/mol. The Morgan fingerprint density at radius 3 is 2.64 bits per heavy atom. The summed E-state index contributed by atoms with van der Waals surface area (Å²) < 4.78 is 40.7. The Kier molecular flexibility index (Phi) is 6.16. The largest absolute Gasteiger partial charge is 0.481 e. The van der Waals surface area contributed by atoms with Gasteiger partial charge < -0.3 is 10.1 Å². The fourth-order valence-electron chi connectivity index (χ4n) is 4.48. The van der Waals surface area contributed by atoms with Gasteiger partial charge in [0.1, 0.15) is 11.5 Å². The third-order valence-corrected chi connectivity index (χ3v) is 8.39. The lowest BCUT2D eigenvalue weighted by molar-refractivity contribution is 0.0915. The number of benzene rings is 2. The van der Waals surface area contributed by atoms with E-state index < -0.39 is 16.1 Å². The first-order valence-corrected chi connectivity index (χ1v) is 13.4. The second kappa shape index (κ2) is 9.04. The molecule has 1 unspecified atom stereocenters. The van der Waals surface area contributed by atoms with Crippen molar-refractivity contribution in [1.82, 2.24) is 20.1 Å². The smallest absolute Gasteiger partial charge is 0.251 e. The van der Waals surface area contributed by atoms with Gasteiger partial charge in [-0.15, -0.1) is 0 Å². The number of nitrogens with one attached hydrogen (secondary N) is 1. The Labute approximate surface area is 213 Å². The lowest BCUT2D eigenvalue weighted by atomic mass is 10.0. The van der Waals surface area contributed by atoms with Gasteiger partial charge in [0.05, 0.1) is 40.2 Å². The van der Waals surface area contributed by atoms with E-state index in [1.165, 1.54) is 25.4 Å². The van der Waals surface area contributed by atoms with E-state index in [0.29, 0.717) is 50.7 Å². The SMILES string of the molecule is COc1ncc(Cl)cc1-c1nn(-c2ccc(F)cc2)c2cc(C(=O)NC3(C)CCS(O)(O)C3)ccc12. The summed E-state index contributed by atoms with van der Waals surface area (Å²) in [7, 11) is -1.19. The molecule has 0 radical (unpaired) electrons. The zero-order valence-corrected chi connectivity index (χ0v) is 21.1. The van der Waals surface area contributed by atoms with Crippen LogP contribution in [-0.2, 0) is 0 Å². The van der Waals surface area contributed by atoms with Gasteiger partial charge >= 0.3 is 0 Å². The van der Waals surface area contributed by atoms with Crippen LogP contribution in [0.3, 0.4) is 0 Å². The van der Waals surface area contributed by atoms with Gasteiger partial charge in [-0.05, 0) is 61.9 Å². The highest BCUT2D eigenvalue weighted by Gasteiger charge is 2.39. The number of hydrogen-bond acceptors (Lipinski definition) is 6. The Morgan fingerprint density at radius 2 is 1.97 bits per heavy atom. The topological polar surface area (TPSA) is 110 Å². The molecule has 1 amide bonds. The van der Waals surface area contributed by atoms with Crippen molar-refractivity contribution in [3.63, 3.8) is 0 Å². The molecule has 0 spiro atoms. The first-order valence-electron chi connectivity index (χ1n) is 11.1. The predicted octanol–water partition coefficient (Wildman–Crippen LogP) is 5.53. The second-order valence-electron chi connectivity index (χ2n) is 9.09. The average Bonchev–Trinajstić information content (AvgIpc) is 3.35. The van der Waals surface area contributed by atoms with Crippen LogP contribution in [0.25, 0.3) is 27.8 Å². The maximum atomic E-state index is 13.6. The van der Waals surface area contributed by atoms with Crippen LogP contribution in [0.2, 0.25) is 5.02 Å². The van der Waals surface area contributed by atoms with Gasteiger partial charge in [-0.25, -0.2) is 14.1 Å².